The van der Waals surface area contributed by atoms with Gasteiger partial charge in [0.05, 0.1) is 11.6 Å². The summed E-state index contributed by atoms with van der Waals surface area (Å²) in [7, 11) is 0. The van der Waals surface area contributed by atoms with Gasteiger partial charge in [-0.3, -0.25) is 14.2 Å². The number of anilines is 1. The largest absolute Gasteiger partial charge is 0.302 e. The van der Waals surface area contributed by atoms with E-state index in [1.807, 2.05) is 12.3 Å². The highest BCUT2D eigenvalue weighted by molar-refractivity contribution is 7.99. The second-order valence-corrected chi connectivity index (χ2v) is 6.78. The Kier molecular flexibility index (Phi) is 3.81. The maximum Gasteiger partial charge on any atom is 0.257 e. The third-order valence-corrected chi connectivity index (χ3v) is 5.25. The summed E-state index contributed by atoms with van der Waals surface area (Å²) in [6.07, 6.45) is 1.58. The van der Waals surface area contributed by atoms with Crippen LogP contribution < -0.4 is 10.9 Å². The van der Waals surface area contributed by atoms with Gasteiger partial charge in [-0.05, 0) is 13.8 Å². The molecule has 6 nitrogen and oxygen atoms in total. The zero-order chi connectivity index (χ0) is 15.0. The predicted octanol–water partition coefficient (Wildman–Crippen LogP) is 1.68. The molecule has 21 heavy (non-hydrogen) atoms. The summed E-state index contributed by atoms with van der Waals surface area (Å²) in [5.41, 5.74) is 1.40. The molecule has 110 valence electrons. The van der Waals surface area contributed by atoms with Crippen molar-refractivity contribution in [2.45, 2.75) is 25.5 Å². The minimum Gasteiger partial charge on any atom is -0.302 e. The van der Waals surface area contributed by atoms with Crippen molar-refractivity contribution in [2.75, 3.05) is 11.1 Å². The van der Waals surface area contributed by atoms with E-state index in [0.717, 1.165) is 5.69 Å². The number of aryl methyl sites for hydroxylation is 2. The predicted molar refractivity (Wildman–Crippen MR) is 82.9 cm³/mol. The second-order valence-electron chi connectivity index (χ2n) is 4.93. The smallest absolute Gasteiger partial charge is 0.257 e. The van der Waals surface area contributed by atoms with Gasteiger partial charge in [0.2, 0.25) is 5.91 Å². The number of carbonyl (C=O) groups excluding carboxylic acids is 1. The van der Waals surface area contributed by atoms with E-state index < -0.39 is 0 Å². The van der Waals surface area contributed by atoms with E-state index in [9.17, 15) is 9.59 Å². The number of nitrogens with one attached hydrogen (secondary N) is 1. The molecule has 3 rings (SSSR count). The lowest BCUT2D eigenvalue weighted by Crippen LogP contribution is -2.37. The zero-order valence-corrected chi connectivity index (χ0v) is 13.3. The van der Waals surface area contributed by atoms with Gasteiger partial charge in [0.25, 0.3) is 5.56 Å². The number of amides is 1. The van der Waals surface area contributed by atoms with Gasteiger partial charge in [0.1, 0.15) is 0 Å². The lowest BCUT2D eigenvalue weighted by atomic mass is 10.1. The van der Waals surface area contributed by atoms with Crippen molar-refractivity contribution in [2.24, 2.45) is 5.92 Å². The first-order valence-electron chi connectivity index (χ1n) is 6.47. The molecule has 3 heterocycles. The highest BCUT2D eigenvalue weighted by Crippen LogP contribution is 2.26. The molecule has 2 aromatic rings. The fourth-order valence-corrected chi connectivity index (χ4v) is 3.82. The molecule has 0 saturated heterocycles. The molecule has 0 radical (unpaired) electrons. The summed E-state index contributed by atoms with van der Waals surface area (Å²) < 4.78 is 1.58. The van der Waals surface area contributed by atoms with Crippen LogP contribution in [0.15, 0.2) is 21.5 Å². The van der Waals surface area contributed by atoms with Gasteiger partial charge in [-0.2, -0.15) is 0 Å². The van der Waals surface area contributed by atoms with Crippen molar-refractivity contribution in [3.05, 3.63) is 33.2 Å². The fourth-order valence-electron chi connectivity index (χ4n) is 2.08. The van der Waals surface area contributed by atoms with E-state index in [-0.39, 0.29) is 17.4 Å². The van der Waals surface area contributed by atoms with Crippen molar-refractivity contribution < 1.29 is 4.79 Å². The van der Waals surface area contributed by atoms with E-state index in [2.05, 4.69) is 15.3 Å². The summed E-state index contributed by atoms with van der Waals surface area (Å²) in [6, 6.07) is 0. The summed E-state index contributed by atoms with van der Waals surface area (Å²) in [4.78, 5) is 32.9. The fraction of sp³-hybridized carbons (Fsp3) is 0.385. The molecule has 0 spiro atoms. The van der Waals surface area contributed by atoms with Crippen molar-refractivity contribution in [3.63, 3.8) is 0 Å². The molecule has 0 aliphatic carbocycles. The minimum absolute atomic E-state index is 0.0740. The first kappa shape index (κ1) is 14.3. The Labute approximate surface area is 129 Å². The van der Waals surface area contributed by atoms with Crippen LogP contribution in [0.5, 0.6) is 0 Å². The van der Waals surface area contributed by atoms with E-state index in [1.54, 1.807) is 17.7 Å². The molecule has 1 aliphatic rings. The van der Waals surface area contributed by atoms with Gasteiger partial charge in [-0.1, -0.05) is 11.8 Å². The molecule has 8 heteroatoms. The van der Waals surface area contributed by atoms with Crippen LogP contribution in [0.25, 0.3) is 0 Å². The number of nitrogens with zero attached hydrogens (tertiary/aromatic N) is 3. The summed E-state index contributed by atoms with van der Waals surface area (Å²) in [5.74, 6) is 0.259. The van der Waals surface area contributed by atoms with Crippen LogP contribution in [0, 0.1) is 19.8 Å². The highest BCUT2D eigenvalue weighted by Gasteiger charge is 2.27. The van der Waals surface area contributed by atoms with Crippen LogP contribution in [-0.4, -0.2) is 26.2 Å². The van der Waals surface area contributed by atoms with Crippen molar-refractivity contribution >= 4 is 34.1 Å². The maximum atomic E-state index is 12.3. The van der Waals surface area contributed by atoms with E-state index in [4.69, 9.17) is 0 Å². The minimum atomic E-state index is -0.256. The third-order valence-electron chi connectivity index (χ3n) is 3.22. The maximum absolute atomic E-state index is 12.3. The number of aromatic nitrogens is 3. The van der Waals surface area contributed by atoms with Gasteiger partial charge in [-0.15, -0.1) is 11.3 Å². The van der Waals surface area contributed by atoms with Gasteiger partial charge < -0.3 is 5.32 Å². The Morgan fingerprint density at radius 1 is 1.48 bits per heavy atom. The van der Waals surface area contributed by atoms with Gasteiger partial charge >= 0.3 is 0 Å². The summed E-state index contributed by atoms with van der Waals surface area (Å²) >= 11 is 2.84. The topological polar surface area (TPSA) is 76.9 Å². The van der Waals surface area contributed by atoms with Crippen LogP contribution in [-0.2, 0) is 11.3 Å². The van der Waals surface area contributed by atoms with Crippen LogP contribution >= 0.6 is 23.1 Å². The Morgan fingerprint density at radius 3 is 3.00 bits per heavy atom. The lowest BCUT2D eigenvalue weighted by molar-refractivity contribution is -0.119. The Hall–Kier alpha value is -1.67. The second kappa shape index (κ2) is 5.61. The average Bonchev–Trinajstić information content (AvgIpc) is 2.88. The highest BCUT2D eigenvalue weighted by atomic mass is 32.2. The van der Waals surface area contributed by atoms with E-state index in [0.29, 0.717) is 28.1 Å². The molecule has 1 N–H and O–H groups in total. The molecule has 1 aliphatic heterocycles. The van der Waals surface area contributed by atoms with E-state index in [1.165, 1.54) is 23.1 Å². The monoisotopic (exact) mass is 322 g/mol. The first-order valence-corrected chi connectivity index (χ1v) is 8.33. The lowest BCUT2D eigenvalue weighted by Gasteiger charge is -2.23. The zero-order valence-electron chi connectivity index (χ0n) is 11.6. The summed E-state index contributed by atoms with van der Waals surface area (Å²) in [6.45, 7) is 3.98. The van der Waals surface area contributed by atoms with Crippen molar-refractivity contribution in [1.29, 1.82) is 0 Å². The number of fused-ring (bicyclic) bond motifs is 1. The number of hydrogen-bond donors (Lipinski definition) is 1. The molecule has 1 atom stereocenters. The quantitative estimate of drug-likeness (QED) is 0.851. The number of carbonyl (C=O) groups is 1. The van der Waals surface area contributed by atoms with Gasteiger partial charge in [0.15, 0.2) is 10.3 Å². The normalized spacial score (nSPS) is 17.3. The molecule has 1 unspecified atom stereocenters. The number of thioether (sulfide) groups is 1. The van der Waals surface area contributed by atoms with Crippen LogP contribution in [0.3, 0.4) is 0 Å². The van der Waals surface area contributed by atoms with Crippen molar-refractivity contribution in [1.82, 2.24) is 14.5 Å². The molecular weight excluding hydrogens is 308 g/mol. The molecular formula is C13H14N4O2S2. The van der Waals surface area contributed by atoms with E-state index >= 15 is 0 Å². The average molecular weight is 322 g/mol. The van der Waals surface area contributed by atoms with Gasteiger partial charge in [0, 0.05) is 29.4 Å². The number of rotatable bonds is 2. The molecule has 2 aromatic heterocycles. The van der Waals surface area contributed by atoms with Gasteiger partial charge in [-0.25, -0.2) is 9.97 Å². The summed E-state index contributed by atoms with van der Waals surface area (Å²) in [5, 5.41) is 5.98. The SMILES string of the molecule is Cc1csc(NC(=O)C2CSc3ncc(C)c(=O)n3C2)n1. The third kappa shape index (κ3) is 2.86. The Bertz CT molecular complexity index is 753. The van der Waals surface area contributed by atoms with Crippen LogP contribution in [0.4, 0.5) is 5.13 Å². The molecule has 0 bridgehead atoms. The molecule has 1 amide bonds. The Balaban J connectivity index is 1.78. The molecule has 0 saturated carbocycles. The Morgan fingerprint density at radius 2 is 2.29 bits per heavy atom. The first-order chi connectivity index (χ1) is 10.0. The number of hydrogen-bond acceptors (Lipinski definition) is 6. The van der Waals surface area contributed by atoms with Crippen LogP contribution in [0.1, 0.15) is 11.3 Å². The van der Waals surface area contributed by atoms with Crippen LogP contribution in [0.2, 0.25) is 0 Å². The number of thiazole rings is 1. The molecule has 0 aromatic carbocycles. The van der Waals surface area contributed by atoms with Crippen molar-refractivity contribution in [3.8, 4) is 0 Å². The molecule has 0 fully saturated rings. The standard InChI is InChI=1S/C13H14N4O2S2/c1-7-3-14-13-17(11(7)19)4-9(6-21-13)10(18)16-12-15-8(2)5-20-12/h3,5,9H,4,6H2,1-2H3,(H,15,16,18).